The van der Waals surface area contributed by atoms with Gasteiger partial charge in [0.25, 0.3) is 0 Å². The molecule has 114 valence electrons. The highest BCUT2D eigenvalue weighted by atomic mass is 14.8. The van der Waals surface area contributed by atoms with E-state index < -0.39 is 0 Å². The van der Waals surface area contributed by atoms with E-state index in [1.807, 2.05) is 0 Å². The van der Waals surface area contributed by atoms with Gasteiger partial charge in [0.05, 0.1) is 0 Å². The topological polar surface area (TPSA) is 12.0 Å². The minimum absolute atomic E-state index is 0.270. The molecule has 0 saturated heterocycles. The summed E-state index contributed by atoms with van der Waals surface area (Å²) in [5.74, 6) is 0. The van der Waals surface area contributed by atoms with E-state index >= 15 is 0 Å². The molecule has 0 bridgehead atoms. The van der Waals surface area contributed by atoms with Crippen molar-refractivity contribution in [2.24, 2.45) is 0 Å². The number of nitrogens with one attached hydrogen (secondary N) is 1. The quantitative estimate of drug-likeness (QED) is 0.580. The molecule has 0 saturated carbocycles. The van der Waals surface area contributed by atoms with Gasteiger partial charge in [-0.25, -0.2) is 0 Å². The molecule has 1 aliphatic carbocycles. The molecule has 0 spiro atoms. The Morgan fingerprint density at radius 3 is 2.90 bits per heavy atom. The molecule has 1 aromatic carbocycles. The molecule has 21 heavy (non-hydrogen) atoms. The molecule has 0 amide bonds. The molecule has 0 heterocycles. The minimum atomic E-state index is 0.270. The second kappa shape index (κ2) is 7.09. The zero-order valence-electron chi connectivity index (χ0n) is 14.0. The highest BCUT2D eigenvalue weighted by Crippen LogP contribution is 2.39. The first-order valence-corrected chi connectivity index (χ1v) is 8.22. The van der Waals surface area contributed by atoms with Gasteiger partial charge in [-0.05, 0) is 68.3 Å². The molecule has 0 fully saturated rings. The van der Waals surface area contributed by atoms with Crippen molar-refractivity contribution >= 4 is 6.08 Å². The van der Waals surface area contributed by atoms with Gasteiger partial charge in [0.1, 0.15) is 0 Å². The third-order valence-electron chi connectivity index (χ3n) is 4.77. The van der Waals surface area contributed by atoms with E-state index in [0.717, 1.165) is 25.9 Å². The Labute approximate surface area is 130 Å². The summed E-state index contributed by atoms with van der Waals surface area (Å²) in [6.07, 6.45) is 10.3. The zero-order valence-corrected chi connectivity index (χ0v) is 14.0. The summed E-state index contributed by atoms with van der Waals surface area (Å²) in [6, 6.07) is 6.85. The second-order valence-electron chi connectivity index (χ2n) is 6.46. The Hall–Kier alpha value is -1.34. The van der Waals surface area contributed by atoms with Gasteiger partial charge >= 0.3 is 0 Å². The van der Waals surface area contributed by atoms with E-state index in [-0.39, 0.29) is 5.41 Å². The standard InChI is InChI=1S/C20H29N/c1-5-16(3)15-17-9-7-11-19-18(17)10-8-12-20(19,4)13-14-21-6-2/h5,7-11,21H,6,12-15H2,1-4H3. The molecule has 1 nitrogen and oxygen atoms in total. The van der Waals surface area contributed by atoms with Crippen LogP contribution in [0.25, 0.3) is 6.08 Å². The number of benzene rings is 1. The number of rotatable bonds is 6. The van der Waals surface area contributed by atoms with E-state index in [9.17, 15) is 0 Å². The van der Waals surface area contributed by atoms with Gasteiger partial charge in [0, 0.05) is 0 Å². The molecular weight excluding hydrogens is 254 g/mol. The van der Waals surface area contributed by atoms with E-state index in [4.69, 9.17) is 0 Å². The van der Waals surface area contributed by atoms with Gasteiger partial charge in [-0.3, -0.25) is 0 Å². The van der Waals surface area contributed by atoms with Crippen LogP contribution in [0.5, 0.6) is 0 Å². The van der Waals surface area contributed by atoms with Crippen LogP contribution in [0.2, 0.25) is 0 Å². The molecule has 0 radical (unpaired) electrons. The van der Waals surface area contributed by atoms with Crippen molar-refractivity contribution in [1.82, 2.24) is 5.32 Å². The van der Waals surface area contributed by atoms with Gasteiger partial charge in [0.15, 0.2) is 0 Å². The fourth-order valence-corrected chi connectivity index (χ4v) is 3.22. The van der Waals surface area contributed by atoms with E-state index in [1.165, 1.54) is 28.7 Å². The van der Waals surface area contributed by atoms with Crippen LogP contribution < -0.4 is 5.32 Å². The number of allylic oxidation sites excluding steroid dienone is 3. The van der Waals surface area contributed by atoms with Gasteiger partial charge in [-0.15, -0.1) is 0 Å². The van der Waals surface area contributed by atoms with Crippen molar-refractivity contribution < 1.29 is 0 Å². The Morgan fingerprint density at radius 2 is 2.19 bits per heavy atom. The van der Waals surface area contributed by atoms with Crippen molar-refractivity contribution in [1.29, 1.82) is 0 Å². The Morgan fingerprint density at radius 1 is 1.38 bits per heavy atom. The molecular formula is C20H29N. The molecule has 1 aliphatic rings. The third-order valence-corrected chi connectivity index (χ3v) is 4.77. The first kappa shape index (κ1) is 16.0. The van der Waals surface area contributed by atoms with Crippen molar-refractivity contribution in [3.63, 3.8) is 0 Å². The fourth-order valence-electron chi connectivity index (χ4n) is 3.22. The second-order valence-corrected chi connectivity index (χ2v) is 6.46. The largest absolute Gasteiger partial charge is 0.317 e. The van der Waals surface area contributed by atoms with Crippen LogP contribution >= 0.6 is 0 Å². The summed E-state index contributed by atoms with van der Waals surface area (Å²) >= 11 is 0. The lowest BCUT2D eigenvalue weighted by atomic mass is 9.71. The van der Waals surface area contributed by atoms with Crippen molar-refractivity contribution in [3.8, 4) is 0 Å². The number of hydrogen-bond acceptors (Lipinski definition) is 1. The zero-order chi connectivity index (χ0) is 15.3. The predicted molar refractivity (Wildman–Crippen MR) is 93.7 cm³/mol. The molecule has 1 atom stereocenters. The lowest BCUT2D eigenvalue weighted by molar-refractivity contribution is 0.422. The first-order valence-electron chi connectivity index (χ1n) is 8.22. The fraction of sp³-hybridized carbons (Fsp3) is 0.500. The summed E-state index contributed by atoms with van der Waals surface area (Å²) in [5, 5.41) is 3.47. The number of fused-ring (bicyclic) bond motifs is 1. The molecule has 1 heteroatoms. The average Bonchev–Trinajstić information content (AvgIpc) is 2.48. The van der Waals surface area contributed by atoms with Crippen LogP contribution in [-0.2, 0) is 11.8 Å². The Kier molecular flexibility index (Phi) is 5.41. The molecule has 2 rings (SSSR count). The van der Waals surface area contributed by atoms with Crippen LogP contribution in [0.3, 0.4) is 0 Å². The van der Waals surface area contributed by atoms with Gasteiger partial charge in [-0.2, -0.15) is 0 Å². The maximum Gasteiger partial charge on any atom is -0.00226 e. The monoisotopic (exact) mass is 283 g/mol. The van der Waals surface area contributed by atoms with Crippen LogP contribution in [0.15, 0.2) is 35.9 Å². The van der Waals surface area contributed by atoms with E-state index in [2.05, 4.69) is 69.4 Å². The normalized spacial score (nSPS) is 21.4. The predicted octanol–water partition coefficient (Wildman–Crippen LogP) is 4.87. The summed E-state index contributed by atoms with van der Waals surface area (Å²) in [6.45, 7) is 11.1. The molecule has 1 aromatic rings. The van der Waals surface area contributed by atoms with Gasteiger partial charge < -0.3 is 5.32 Å². The number of hydrogen-bond donors (Lipinski definition) is 1. The highest BCUT2D eigenvalue weighted by molar-refractivity contribution is 5.63. The summed E-state index contributed by atoms with van der Waals surface area (Å²) < 4.78 is 0. The SMILES string of the molecule is CC=C(C)Cc1cccc2c1C=CCC2(C)CCNCC. The molecule has 0 aromatic heterocycles. The lowest BCUT2D eigenvalue weighted by Gasteiger charge is -2.34. The van der Waals surface area contributed by atoms with Crippen LogP contribution in [0.1, 0.15) is 57.2 Å². The van der Waals surface area contributed by atoms with Crippen LogP contribution in [0, 0.1) is 0 Å². The van der Waals surface area contributed by atoms with Gasteiger partial charge in [-0.1, -0.05) is 55.8 Å². The first-order chi connectivity index (χ1) is 10.1. The van der Waals surface area contributed by atoms with Crippen LogP contribution in [-0.4, -0.2) is 13.1 Å². The van der Waals surface area contributed by atoms with E-state index in [1.54, 1.807) is 0 Å². The maximum atomic E-state index is 3.47. The van der Waals surface area contributed by atoms with Crippen molar-refractivity contribution in [2.75, 3.05) is 13.1 Å². The Balaban J connectivity index is 2.31. The summed E-state index contributed by atoms with van der Waals surface area (Å²) in [5.41, 5.74) is 6.17. The summed E-state index contributed by atoms with van der Waals surface area (Å²) in [7, 11) is 0. The Bertz CT molecular complexity index is 539. The molecule has 1 unspecified atom stereocenters. The molecule has 0 aliphatic heterocycles. The van der Waals surface area contributed by atoms with E-state index in [0.29, 0.717) is 0 Å². The smallest absolute Gasteiger partial charge is 0.00226 e. The molecule has 1 N–H and O–H groups in total. The minimum Gasteiger partial charge on any atom is -0.317 e. The van der Waals surface area contributed by atoms with Crippen molar-refractivity contribution in [3.05, 3.63) is 52.6 Å². The highest BCUT2D eigenvalue weighted by Gasteiger charge is 2.30. The third kappa shape index (κ3) is 3.65. The maximum absolute atomic E-state index is 3.47. The van der Waals surface area contributed by atoms with Gasteiger partial charge in [0.2, 0.25) is 0 Å². The summed E-state index contributed by atoms with van der Waals surface area (Å²) in [4.78, 5) is 0. The van der Waals surface area contributed by atoms with Crippen molar-refractivity contribution in [2.45, 2.75) is 52.4 Å². The lowest BCUT2D eigenvalue weighted by Crippen LogP contribution is -2.30. The average molecular weight is 283 g/mol. The van der Waals surface area contributed by atoms with Crippen LogP contribution in [0.4, 0.5) is 0 Å².